The summed E-state index contributed by atoms with van der Waals surface area (Å²) >= 11 is 0. The molecule has 14 heteroatoms. The van der Waals surface area contributed by atoms with Gasteiger partial charge >= 0.3 is 0 Å². The van der Waals surface area contributed by atoms with Crippen molar-refractivity contribution in [1.29, 1.82) is 0 Å². The molecule has 278 valence electrons. The molecule has 2 aliphatic rings. The van der Waals surface area contributed by atoms with Crippen LogP contribution in [0.2, 0.25) is 0 Å². The van der Waals surface area contributed by atoms with Crippen LogP contribution in [0.25, 0.3) is 22.5 Å². The maximum Gasteiger partial charge on any atom is 0.231 e. The van der Waals surface area contributed by atoms with Gasteiger partial charge in [0.25, 0.3) is 0 Å². The number of aromatic nitrogens is 6. The fourth-order valence-electron chi connectivity index (χ4n) is 7.04. The maximum atomic E-state index is 15.3. The van der Waals surface area contributed by atoms with Gasteiger partial charge in [-0.15, -0.1) is 0 Å². The van der Waals surface area contributed by atoms with Crippen LogP contribution in [-0.2, 0) is 9.59 Å². The summed E-state index contributed by atoms with van der Waals surface area (Å²) < 4.78 is 30.4. The van der Waals surface area contributed by atoms with Crippen molar-refractivity contribution in [2.24, 2.45) is 11.3 Å². The summed E-state index contributed by atoms with van der Waals surface area (Å²) in [6, 6.07) is 7.30. The normalized spacial score (nSPS) is 16.9. The number of aromatic amines is 2. The Balaban J connectivity index is 0.949. The predicted octanol–water partition coefficient (Wildman–Crippen LogP) is 6.53. The molecule has 0 aliphatic carbocycles. The molecule has 6 heterocycles. The van der Waals surface area contributed by atoms with Crippen molar-refractivity contribution in [3.63, 3.8) is 0 Å². The van der Waals surface area contributed by atoms with Gasteiger partial charge in [0, 0.05) is 59.2 Å². The first-order chi connectivity index (χ1) is 25.0. The number of amides is 2. The zero-order valence-electron chi connectivity index (χ0n) is 30.6. The average Bonchev–Trinajstić information content (AvgIpc) is 3.68. The van der Waals surface area contributed by atoms with Crippen LogP contribution in [0.5, 0.6) is 0 Å². The molecule has 0 aromatic carbocycles. The van der Waals surface area contributed by atoms with E-state index in [-0.39, 0.29) is 46.7 Å². The molecule has 2 saturated heterocycles. The number of rotatable bonds is 13. The Hall–Kier alpha value is -4.56. The zero-order chi connectivity index (χ0) is 36.8. The van der Waals surface area contributed by atoms with Crippen LogP contribution < -0.4 is 10.6 Å². The highest BCUT2D eigenvalue weighted by molar-refractivity contribution is 5.94. The second-order valence-electron chi connectivity index (χ2n) is 15.1. The Morgan fingerprint density at radius 3 is 2.08 bits per heavy atom. The summed E-state index contributed by atoms with van der Waals surface area (Å²) in [4.78, 5) is 39.4. The van der Waals surface area contributed by atoms with Crippen LogP contribution in [0.3, 0.4) is 0 Å². The van der Waals surface area contributed by atoms with Crippen molar-refractivity contribution < 1.29 is 18.4 Å². The van der Waals surface area contributed by atoms with Gasteiger partial charge in [-0.2, -0.15) is 10.2 Å². The van der Waals surface area contributed by atoms with Gasteiger partial charge in [0.05, 0.1) is 0 Å². The van der Waals surface area contributed by atoms with Crippen LogP contribution in [-0.4, -0.2) is 91.2 Å². The zero-order valence-corrected chi connectivity index (χ0v) is 30.6. The van der Waals surface area contributed by atoms with Gasteiger partial charge in [0.2, 0.25) is 11.8 Å². The van der Waals surface area contributed by atoms with E-state index >= 15 is 8.78 Å². The first kappa shape index (κ1) is 37.2. The van der Waals surface area contributed by atoms with Crippen LogP contribution in [0.15, 0.2) is 36.7 Å². The number of nitrogens with zero attached hydrogens (tertiary/aromatic N) is 6. The van der Waals surface area contributed by atoms with Crippen molar-refractivity contribution in [2.45, 2.75) is 78.6 Å². The van der Waals surface area contributed by atoms with Crippen molar-refractivity contribution in [3.05, 3.63) is 59.7 Å². The number of hydrogen-bond donors (Lipinski definition) is 4. The van der Waals surface area contributed by atoms with Crippen molar-refractivity contribution >= 4 is 23.5 Å². The van der Waals surface area contributed by atoms with Gasteiger partial charge in [-0.1, -0.05) is 27.2 Å². The number of anilines is 2. The maximum absolute atomic E-state index is 15.3. The Morgan fingerprint density at radius 1 is 0.865 bits per heavy atom. The molecule has 0 radical (unpaired) electrons. The van der Waals surface area contributed by atoms with E-state index in [0.717, 1.165) is 63.5 Å². The monoisotopic (exact) mass is 716 g/mol. The van der Waals surface area contributed by atoms with E-state index in [1.807, 2.05) is 39.8 Å². The lowest BCUT2D eigenvalue weighted by Crippen LogP contribution is -2.38. The van der Waals surface area contributed by atoms with E-state index in [4.69, 9.17) is 0 Å². The lowest BCUT2D eigenvalue weighted by Gasteiger charge is -2.34. The summed E-state index contributed by atoms with van der Waals surface area (Å²) in [6.07, 6.45) is 9.58. The highest BCUT2D eigenvalue weighted by Gasteiger charge is 2.31. The van der Waals surface area contributed by atoms with Gasteiger partial charge in [-0.25, -0.2) is 8.78 Å². The second kappa shape index (κ2) is 16.4. The minimum Gasteiger partial charge on any atom is -0.307 e. The number of carbonyl (C=O) groups is 2. The van der Waals surface area contributed by atoms with E-state index in [1.54, 1.807) is 24.5 Å². The van der Waals surface area contributed by atoms with Crippen molar-refractivity contribution in [1.82, 2.24) is 40.2 Å². The lowest BCUT2D eigenvalue weighted by atomic mass is 9.87. The van der Waals surface area contributed by atoms with Crippen molar-refractivity contribution in [3.8, 4) is 22.5 Å². The van der Waals surface area contributed by atoms with E-state index in [1.165, 1.54) is 19.3 Å². The lowest BCUT2D eigenvalue weighted by molar-refractivity contribution is -0.124. The summed E-state index contributed by atoms with van der Waals surface area (Å²) in [5.74, 6) is -1.56. The molecule has 6 rings (SSSR count). The predicted molar refractivity (Wildman–Crippen MR) is 196 cm³/mol. The molecule has 1 atom stereocenters. The number of piperidine rings is 2. The summed E-state index contributed by atoms with van der Waals surface area (Å²) in [5.41, 5.74) is 2.50. The molecule has 4 N–H and O–H groups in total. The fraction of sp³-hybridized carbons (Fsp3) is 0.526. The number of hydrogen-bond acceptors (Lipinski definition) is 8. The largest absolute Gasteiger partial charge is 0.307 e. The van der Waals surface area contributed by atoms with Gasteiger partial charge < -0.3 is 20.4 Å². The standard InChI is InChI=1S/C38H50F2N10O2/c1-24(23-50-15-6-5-7-16-50)20-30(51)43-35-31(39)34(45-47-35)28-10-11-29(42-22-28)26-12-17-49(18-13-26)19-14-38(3,4)37(52)44-36-32(40)33(46-48-36)27-9-8-25(2)41-21-27/h8-11,21-22,24,26H,5-7,12-20,23H2,1-4H3,(H2,43,45,47,51)(H2,44,46,48,52). The third-order valence-electron chi connectivity index (χ3n) is 10.4. The highest BCUT2D eigenvalue weighted by atomic mass is 19.1. The molecule has 52 heavy (non-hydrogen) atoms. The smallest absolute Gasteiger partial charge is 0.231 e. The number of carbonyl (C=O) groups excluding carboxylic acids is 2. The second-order valence-corrected chi connectivity index (χ2v) is 15.1. The van der Waals surface area contributed by atoms with Gasteiger partial charge in [-0.05, 0) is 102 Å². The Morgan fingerprint density at radius 2 is 1.48 bits per heavy atom. The number of pyridine rings is 2. The summed E-state index contributed by atoms with van der Waals surface area (Å²) in [5, 5.41) is 18.7. The molecule has 1 unspecified atom stereocenters. The minimum absolute atomic E-state index is 0.0967. The highest BCUT2D eigenvalue weighted by Crippen LogP contribution is 2.32. The molecule has 2 aliphatic heterocycles. The van der Waals surface area contributed by atoms with Crippen molar-refractivity contribution in [2.75, 3.05) is 49.9 Å². The van der Waals surface area contributed by atoms with Gasteiger partial charge in [0.1, 0.15) is 11.4 Å². The molecule has 12 nitrogen and oxygen atoms in total. The Bertz CT molecular complexity index is 1810. The van der Waals surface area contributed by atoms with Crippen LogP contribution in [0.1, 0.15) is 83.0 Å². The van der Waals surface area contributed by atoms with Gasteiger partial charge in [-0.3, -0.25) is 29.8 Å². The van der Waals surface area contributed by atoms with Crippen LogP contribution >= 0.6 is 0 Å². The Labute approximate surface area is 303 Å². The van der Waals surface area contributed by atoms with Crippen LogP contribution in [0, 0.1) is 29.9 Å². The molecule has 2 amide bonds. The SMILES string of the molecule is Cc1ccc(-c2[nH]nc(NC(=O)C(C)(C)CCN3CCC(c4ccc(-c5[nH]nc(NC(=O)CC(C)CN6CCCCC6)c5F)cn4)CC3)c2F)cn1. The first-order valence-electron chi connectivity index (χ1n) is 18.4. The molecular weight excluding hydrogens is 666 g/mol. The third kappa shape index (κ3) is 9.08. The minimum atomic E-state index is -0.749. The van der Waals surface area contributed by atoms with E-state index < -0.39 is 17.0 Å². The van der Waals surface area contributed by atoms with E-state index in [9.17, 15) is 9.59 Å². The number of aryl methyl sites for hydroxylation is 1. The average molecular weight is 717 g/mol. The number of nitrogens with one attached hydrogen (secondary N) is 4. The fourth-order valence-corrected chi connectivity index (χ4v) is 7.04. The quantitative estimate of drug-likeness (QED) is 0.122. The molecule has 4 aromatic heterocycles. The molecule has 0 spiro atoms. The van der Waals surface area contributed by atoms with Gasteiger partial charge in [0.15, 0.2) is 23.3 Å². The topological polar surface area (TPSA) is 148 Å². The van der Waals surface area contributed by atoms with Crippen LogP contribution in [0.4, 0.5) is 20.4 Å². The molecule has 0 bridgehead atoms. The first-order valence-corrected chi connectivity index (χ1v) is 18.4. The molecule has 0 saturated carbocycles. The number of halogens is 2. The Kier molecular flexibility index (Phi) is 11.7. The number of likely N-dealkylation sites (tertiary alicyclic amines) is 2. The molecule has 4 aromatic rings. The third-order valence-corrected chi connectivity index (χ3v) is 10.4. The van der Waals surface area contributed by atoms with E-state index in [2.05, 4.69) is 50.8 Å². The van der Waals surface area contributed by atoms with E-state index in [0.29, 0.717) is 24.0 Å². The molecule has 2 fully saturated rings. The number of H-pyrrole nitrogens is 2. The summed E-state index contributed by atoms with van der Waals surface area (Å²) in [7, 11) is 0. The summed E-state index contributed by atoms with van der Waals surface area (Å²) in [6.45, 7) is 13.0. The molecular formula is C38H50F2N10O2.